The van der Waals surface area contributed by atoms with Gasteiger partial charge in [-0.1, -0.05) is 12.1 Å². The fourth-order valence-corrected chi connectivity index (χ4v) is 5.66. The summed E-state index contributed by atoms with van der Waals surface area (Å²) in [5.41, 5.74) is 2.80. The zero-order valence-corrected chi connectivity index (χ0v) is 18.3. The van der Waals surface area contributed by atoms with Crippen LogP contribution in [0.2, 0.25) is 0 Å². The average Bonchev–Trinajstić information content (AvgIpc) is 3.16. The van der Waals surface area contributed by atoms with Crippen LogP contribution in [0.25, 0.3) is 16.5 Å². The van der Waals surface area contributed by atoms with E-state index < -0.39 is 15.8 Å². The van der Waals surface area contributed by atoms with Crippen LogP contribution in [0.1, 0.15) is 12.0 Å². The Morgan fingerprint density at radius 2 is 1.94 bits per heavy atom. The van der Waals surface area contributed by atoms with Crippen molar-refractivity contribution in [2.75, 3.05) is 45.2 Å². The molecule has 3 heterocycles. The Kier molecular flexibility index (Phi) is 4.79. The summed E-state index contributed by atoms with van der Waals surface area (Å²) in [5.74, 6) is 0.118. The first-order valence-corrected chi connectivity index (χ1v) is 11.7. The molecule has 0 atom stereocenters. The van der Waals surface area contributed by atoms with Crippen LogP contribution in [0.3, 0.4) is 0 Å². The first kappa shape index (κ1) is 20.1. The summed E-state index contributed by atoms with van der Waals surface area (Å²) in [4.78, 5) is 4.31. The van der Waals surface area contributed by atoms with E-state index in [9.17, 15) is 12.8 Å². The van der Waals surface area contributed by atoms with E-state index in [-0.39, 0.29) is 4.90 Å². The minimum Gasteiger partial charge on any atom is -0.490 e. The molecule has 2 aliphatic heterocycles. The van der Waals surface area contributed by atoms with Gasteiger partial charge in [-0.05, 0) is 43.3 Å². The maximum atomic E-state index is 14.9. The van der Waals surface area contributed by atoms with Crippen LogP contribution in [0, 0.1) is 5.82 Å². The second-order valence-electron chi connectivity index (χ2n) is 8.12. The maximum Gasteiger partial charge on any atom is 0.268 e. The molecule has 0 radical (unpaired) electrons. The van der Waals surface area contributed by atoms with E-state index in [1.165, 1.54) is 10.0 Å². The zero-order chi connectivity index (χ0) is 21.8. The number of hydrogen-bond acceptors (Lipinski definition) is 5. The molecule has 5 rings (SSSR count). The molecule has 2 aromatic carbocycles. The topological polar surface area (TPSA) is 54.8 Å². The van der Waals surface area contributed by atoms with Crippen LogP contribution in [0.5, 0.6) is 5.75 Å². The van der Waals surface area contributed by atoms with E-state index in [0.717, 1.165) is 37.3 Å². The largest absolute Gasteiger partial charge is 0.490 e. The lowest BCUT2D eigenvalue weighted by molar-refractivity contribution is 0.310. The number of likely N-dealkylation sites (N-methyl/N-ethyl adjacent to an activating group) is 2. The maximum absolute atomic E-state index is 14.9. The van der Waals surface area contributed by atoms with Crippen LogP contribution < -0.4 is 9.64 Å². The van der Waals surface area contributed by atoms with Gasteiger partial charge in [-0.15, -0.1) is 0 Å². The summed E-state index contributed by atoms with van der Waals surface area (Å²) in [6.45, 7) is 2.83. The summed E-state index contributed by atoms with van der Waals surface area (Å²) in [5, 5.41) is 0.343. The van der Waals surface area contributed by atoms with Gasteiger partial charge in [0.15, 0.2) is 0 Å². The van der Waals surface area contributed by atoms with Crippen molar-refractivity contribution in [2.45, 2.75) is 11.3 Å². The van der Waals surface area contributed by atoms with Gasteiger partial charge in [0, 0.05) is 43.4 Å². The van der Waals surface area contributed by atoms with Gasteiger partial charge in [0.05, 0.1) is 22.6 Å². The highest BCUT2D eigenvalue weighted by molar-refractivity contribution is 7.90. The van der Waals surface area contributed by atoms with Crippen LogP contribution in [-0.2, 0) is 10.0 Å². The van der Waals surface area contributed by atoms with E-state index in [2.05, 4.69) is 4.90 Å². The number of hydrogen-bond donors (Lipinski definition) is 0. The Morgan fingerprint density at radius 3 is 2.71 bits per heavy atom. The number of fused-ring (bicyclic) bond motifs is 2. The van der Waals surface area contributed by atoms with Crippen molar-refractivity contribution < 1.29 is 17.5 Å². The van der Waals surface area contributed by atoms with Crippen LogP contribution in [0.15, 0.2) is 53.6 Å². The highest BCUT2D eigenvalue weighted by atomic mass is 32.2. The molecule has 8 heteroatoms. The van der Waals surface area contributed by atoms with Gasteiger partial charge in [-0.25, -0.2) is 16.8 Å². The Labute approximate surface area is 181 Å². The molecule has 3 aromatic rings. The third kappa shape index (κ3) is 3.30. The molecule has 0 unspecified atom stereocenters. The van der Waals surface area contributed by atoms with E-state index >= 15 is 0 Å². The molecule has 162 valence electrons. The molecule has 0 N–H and O–H groups in total. The summed E-state index contributed by atoms with van der Waals surface area (Å²) in [7, 11) is 0.0207. The molecule has 1 aromatic heterocycles. The Morgan fingerprint density at radius 1 is 1.10 bits per heavy atom. The van der Waals surface area contributed by atoms with Crippen molar-refractivity contribution in [1.82, 2.24) is 8.87 Å². The Hall–Kier alpha value is -2.84. The number of halogens is 1. The van der Waals surface area contributed by atoms with Crippen molar-refractivity contribution in [3.8, 4) is 5.75 Å². The van der Waals surface area contributed by atoms with E-state index in [0.29, 0.717) is 28.8 Å². The van der Waals surface area contributed by atoms with Crippen molar-refractivity contribution in [3.05, 3.63) is 60.1 Å². The number of aromatic nitrogens is 1. The van der Waals surface area contributed by atoms with Gasteiger partial charge in [-0.3, -0.25) is 0 Å². The minimum absolute atomic E-state index is 0.117. The molecule has 0 bridgehead atoms. The number of anilines is 1. The summed E-state index contributed by atoms with van der Waals surface area (Å²) in [6, 6.07) is 9.47. The van der Waals surface area contributed by atoms with Crippen molar-refractivity contribution in [2.24, 2.45) is 0 Å². The lowest BCUT2D eigenvalue weighted by atomic mass is 9.99. The van der Waals surface area contributed by atoms with Crippen molar-refractivity contribution in [1.29, 1.82) is 0 Å². The third-order valence-electron chi connectivity index (χ3n) is 6.09. The summed E-state index contributed by atoms with van der Waals surface area (Å²) < 4.78 is 49.0. The second kappa shape index (κ2) is 7.39. The molecular formula is C23H24FN3O3S. The molecular weight excluding hydrogens is 417 g/mol. The van der Waals surface area contributed by atoms with Gasteiger partial charge in [0.1, 0.15) is 18.2 Å². The normalized spacial score (nSPS) is 17.4. The minimum atomic E-state index is -3.95. The standard InChI is InChI=1S/C23H24FN3O3S/c1-25-10-8-16(9-11-25)18-15-27(21-5-3-4-19(24)23(18)21)31(28,29)17-6-7-20-22(14-17)30-13-12-26(20)2/h3-8,14-15H,9-13H2,1-2H3. The predicted octanol–water partition coefficient (Wildman–Crippen LogP) is 3.56. The lowest BCUT2D eigenvalue weighted by Crippen LogP contribution is -2.29. The molecule has 0 aliphatic carbocycles. The fraction of sp³-hybridized carbons (Fsp3) is 0.304. The highest BCUT2D eigenvalue weighted by Gasteiger charge is 2.27. The molecule has 0 spiro atoms. The quantitative estimate of drug-likeness (QED) is 0.622. The first-order valence-electron chi connectivity index (χ1n) is 10.3. The molecule has 2 aliphatic rings. The van der Waals surface area contributed by atoms with E-state index in [1.807, 2.05) is 25.1 Å². The fourth-order valence-electron chi connectivity index (χ4n) is 4.28. The number of ether oxygens (including phenoxy) is 1. The summed E-state index contributed by atoms with van der Waals surface area (Å²) in [6.07, 6.45) is 4.35. The Bertz CT molecular complexity index is 1310. The molecule has 0 saturated heterocycles. The van der Waals surface area contributed by atoms with Gasteiger partial charge >= 0.3 is 0 Å². The molecule has 6 nitrogen and oxygen atoms in total. The summed E-state index contributed by atoms with van der Waals surface area (Å²) >= 11 is 0. The zero-order valence-electron chi connectivity index (χ0n) is 17.5. The monoisotopic (exact) mass is 441 g/mol. The lowest BCUT2D eigenvalue weighted by Gasteiger charge is -2.27. The van der Waals surface area contributed by atoms with E-state index in [1.54, 1.807) is 36.5 Å². The molecule has 0 fully saturated rings. The van der Waals surface area contributed by atoms with Crippen LogP contribution in [0.4, 0.5) is 10.1 Å². The van der Waals surface area contributed by atoms with Crippen molar-refractivity contribution >= 4 is 32.2 Å². The van der Waals surface area contributed by atoms with Crippen LogP contribution >= 0.6 is 0 Å². The SMILES string of the molecule is CN1CC=C(c2cn(S(=O)(=O)c3ccc4c(c3)OCCN4C)c3cccc(F)c23)CC1. The average molecular weight is 442 g/mol. The predicted molar refractivity (Wildman–Crippen MR) is 120 cm³/mol. The molecule has 0 amide bonds. The molecule has 31 heavy (non-hydrogen) atoms. The number of nitrogens with zero attached hydrogens (tertiary/aromatic N) is 3. The van der Waals surface area contributed by atoms with Gasteiger partial charge in [0.2, 0.25) is 0 Å². The Balaban J connectivity index is 1.68. The molecule has 0 saturated carbocycles. The van der Waals surface area contributed by atoms with Gasteiger partial charge < -0.3 is 14.5 Å². The smallest absolute Gasteiger partial charge is 0.268 e. The van der Waals surface area contributed by atoms with Crippen molar-refractivity contribution in [3.63, 3.8) is 0 Å². The number of benzene rings is 2. The first-order chi connectivity index (χ1) is 14.9. The second-order valence-corrected chi connectivity index (χ2v) is 9.93. The van der Waals surface area contributed by atoms with Crippen LogP contribution in [-0.4, -0.2) is 57.6 Å². The highest BCUT2D eigenvalue weighted by Crippen LogP contribution is 2.37. The van der Waals surface area contributed by atoms with Gasteiger partial charge in [0.25, 0.3) is 10.0 Å². The van der Waals surface area contributed by atoms with E-state index in [4.69, 9.17) is 4.74 Å². The number of rotatable bonds is 3. The third-order valence-corrected chi connectivity index (χ3v) is 7.76. The van der Waals surface area contributed by atoms with Gasteiger partial charge in [-0.2, -0.15) is 0 Å².